The number of hydrogen-bond acceptors (Lipinski definition) is 3. The summed E-state index contributed by atoms with van der Waals surface area (Å²) in [4.78, 5) is 0. The summed E-state index contributed by atoms with van der Waals surface area (Å²) in [6, 6.07) is 0. The molecule has 0 aromatic carbocycles. The van der Waals surface area contributed by atoms with Gasteiger partial charge in [-0.1, -0.05) is 41.5 Å². The average molecular weight is 238 g/mol. The van der Waals surface area contributed by atoms with Crippen LogP contribution < -0.4 is 0 Å². The van der Waals surface area contributed by atoms with Crippen LogP contribution in [-0.2, 0) is 10.8 Å². The van der Waals surface area contributed by atoms with Crippen molar-refractivity contribution >= 4 is 32.4 Å². The number of rotatable bonds is 8. The first-order valence-corrected chi connectivity index (χ1v) is 8.46. The monoisotopic (exact) mass is 238 g/mol. The van der Waals surface area contributed by atoms with E-state index in [1.807, 2.05) is 22.3 Å². The van der Waals surface area contributed by atoms with E-state index in [1.54, 1.807) is 10.8 Å². The minimum atomic E-state index is -0.637. The molecule has 0 spiro atoms. The third-order valence-corrected chi connectivity index (χ3v) is 4.91. The van der Waals surface area contributed by atoms with E-state index in [4.69, 9.17) is 0 Å². The van der Waals surface area contributed by atoms with Gasteiger partial charge in [-0.3, -0.25) is 4.21 Å². The molecule has 0 aliphatic heterocycles. The zero-order chi connectivity index (χ0) is 9.94. The van der Waals surface area contributed by atoms with E-state index in [9.17, 15) is 4.21 Å². The van der Waals surface area contributed by atoms with Crippen LogP contribution in [-0.4, -0.2) is 21.5 Å². The fourth-order valence-electron chi connectivity index (χ4n) is 0.668. The topological polar surface area (TPSA) is 17.1 Å². The average Bonchev–Trinajstić information content (AvgIpc) is 2.11. The smallest absolute Gasteiger partial charge is 0.0423 e. The van der Waals surface area contributed by atoms with Gasteiger partial charge in [0.15, 0.2) is 0 Å². The fraction of sp³-hybridized carbons (Fsp3) is 0.778. The maximum atomic E-state index is 11.2. The Kier molecular flexibility index (Phi) is 11.2. The molecule has 0 fully saturated rings. The van der Waals surface area contributed by atoms with Crippen LogP contribution in [0.2, 0.25) is 0 Å². The molecule has 1 nitrogen and oxygen atoms in total. The molecule has 78 valence electrons. The second-order valence-electron chi connectivity index (χ2n) is 2.60. The summed E-state index contributed by atoms with van der Waals surface area (Å²) in [6.45, 7) is 4.24. The zero-order valence-electron chi connectivity index (χ0n) is 8.32. The van der Waals surface area contributed by atoms with Crippen molar-refractivity contribution < 1.29 is 4.21 Å². The van der Waals surface area contributed by atoms with Gasteiger partial charge in [0.05, 0.1) is 0 Å². The van der Waals surface area contributed by atoms with E-state index in [1.165, 1.54) is 12.2 Å². The van der Waals surface area contributed by atoms with Gasteiger partial charge in [0.1, 0.15) is 0 Å². The standard InChI is InChI=1S/C9H18OS3/c1-3-6-11-12-7-5-9-13(10)8-4-2/h5,7H,3-4,6,8-9H2,1-2H3/b7-5-. The molecule has 0 aromatic heterocycles. The Morgan fingerprint density at radius 3 is 2.69 bits per heavy atom. The predicted molar refractivity (Wildman–Crippen MR) is 67.6 cm³/mol. The van der Waals surface area contributed by atoms with Crippen LogP contribution in [0.5, 0.6) is 0 Å². The lowest BCUT2D eigenvalue weighted by Crippen LogP contribution is -1.98. The molecule has 0 aliphatic carbocycles. The van der Waals surface area contributed by atoms with Crippen molar-refractivity contribution in [3.63, 3.8) is 0 Å². The van der Waals surface area contributed by atoms with E-state index in [0.29, 0.717) is 5.75 Å². The second kappa shape index (κ2) is 10.7. The Balaban J connectivity index is 3.25. The molecule has 0 aliphatic rings. The fourth-order valence-corrected chi connectivity index (χ4v) is 3.50. The van der Waals surface area contributed by atoms with Gasteiger partial charge in [-0.05, 0) is 18.2 Å². The summed E-state index contributed by atoms with van der Waals surface area (Å²) < 4.78 is 11.2. The molecule has 0 rings (SSSR count). The van der Waals surface area contributed by atoms with Gasteiger partial charge < -0.3 is 0 Å². The largest absolute Gasteiger partial charge is 0.259 e. The normalized spacial score (nSPS) is 13.7. The number of hydrogen-bond donors (Lipinski definition) is 0. The minimum absolute atomic E-state index is 0.637. The molecule has 4 heteroatoms. The molecule has 0 N–H and O–H groups in total. The Hall–Kier alpha value is 0.590. The van der Waals surface area contributed by atoms with E-state index >= 15 is 0 Å². The lowest BCUT2D eigenvalue weighted by atomic mass is 10.6. The summed E-state index contributed by atoms with van der Waals surface area (Å²) in [5.74, 6) is 2.73. The highest BCUT2D eigenvalue weighted by atomic mass is 33.1. The highest BCUT2D eigenvalue weighted by molar-refractivity contribution is 8.77. The summed E-state index contributed by atoms with van der Waals surface area (Å²) in [5, 5.41) is 2.05. The predicted octanol–water partition coefficient (Wildman–Crippen LogP) is 3.45. The molecule has 0 aromatic rings. The van der Waals surface area contributed by atoms with Crippen molar-refractivity contribution in [3.8, 4) is 0 Å². The van der Waals surface area contributed by atoms with Crippen molar-refractivity contribution in [1.82, 2.24) is 0 Å². The molecule has 0 saturated heterocycles. The van der Waals surface area contributed by atoms with Gasteiger partial charge in [0, 0.05) is 28.1 Å². The van der Waals surface area contributed by atoms with Crippen molar-refractivity contribution in [2.75, 3.05) is 17.3 Å². The maximum absolute atomic E-state index is 11.2. The molecule has 0 amide bonds. The molecule has 0 heterocycles. The van der Waals surface area contributed by atoms with Gasteiger partial charge in [0.25, 0.3) is 0 Å². The molecule has 13 heavy (non-hydrogen) atoms. The van der Waals surface area contributed by atoms with Crippen LogP contribution in [0, 0.1) is 0 Å². The second-order valence-corrected chi connectivity index (χ2v) is 6.61. The van der Waals surface area contributed by atoms with Gasteiger partial charge in [0.2, 0.25) is 0 Å². The molecule has 1 unspecified atom stereocenters. The van der Waals surface area contributed by atoms with Gasteiger partial charge in [-0.15, -0.1) is 0 Å². The van der Waals surface area contributed by atoms with Crippen LogP contribution in [0.4, 0.5) is 0 Å². The van der Waals surface area contributed by atoms with E-state index in [0.717, 1.165) is 12.2 Å². The third kappa shape index (κ3) is 10.5. The van der Waals surface area contributed by atoms with Crippen molar-refractivity contribution in [3.05, 3.63) is 11.5 Å². The van der Waals surface area contributed by atoms with E-state index in [2.05, 4.69) is 13.8 Å². The highest BCUT2D eigenvalue weighted by Gasteiger charge is 1.92. The molecule has 1 atom stereocenters. The van der Waals surface area contributed by atoms with E-state index in [-0.39, 0.29) is 0 Å². The Morgan fingerprint density at radius 1 is 1.31 bits per heavy atom. The van der Waals surface area contributed by atoms with Crippen LogP contribution in [0.15, 0.2) is 11.5 Å². The summed E-state index contributed by atoms with van der Waals surface area (Å²) in [5.41, 5.74) is 0. The van der Waals surface area contributed by atoms with Gasteiger partial charge in [-0.2, -0.15) is 0 Å². The van der Waals surface area contributed by atoms with Crippen LogP contribution in [0.1, 0.15) is 26.7 Å². The van der Waals surface area contributed by atoms with Crippen LogP contribution in [0.3, 0.4) is 0 Å². The molecular formula is C9H18OS3. The summed E-state index contributed by atoms with van der Waals surface area (Å²) >= 11 is 0. The van der Waals surface area contributed by atoms with Gasteiger partial charge >= 0.3 is 0 Å². The lowest BCUT2D eigenvalue weighted by molar-refractivity contribution is 0.684. The summed E-state index contributed by atoms with van der Waals surface area (Å²) in [7, 11) is 2.95. The minimum Gasteiger partial charge on any atom is -0.259 e. The first-order valence-electron chi connectivity index (χ1n) is 4.59. The van der Waals surface area contributed by atoms with E-state index < -0.39 is 10.8 Å². The summed E-state index contributed by atoms with van der Waals surface area (Å²) in [6.07, 6.45) is 4.24. The zero-order valence-corrected chi connectivity index (χ0v) is 10.8. The Labute approximate surface area is 92.0 Å². The third-order valence-electron chi connectivity index (χ3n) is 1.22. The van der Waals surface area contributed by atoms with Crippen LogP contribution in [0.25, 0.3) is 0 Å². The van der Waals surface area contributed by atoms with Crippen molar-refractivity contribution in [2.24, 2.45) is 0 Å². The highest BCUT2D eigenvalue weighted by Crippen LogP contribution is 2.22. The van der Waals surface area contributed by atoms with Gasteiger partial charge in [-0.25, -0.2) is 0 Å². The lowest BCUT2D eigenvalue weighted by Gasteiger charge is -1.94. The van der Waals surface area contributed by atoms with Crippen LogP contribution >= 0.6 is 21.6 Å². The quantitative estimate of drug-likeness (QED) is 0.476. The Bertz CT molecular complexity index is 157. The first kappa shape index (κ1) is 13.6. The SMILES string of the molecule is CCCSS/C=C\CS(=O)CCC. The van der Waals surface area contributed by atoms with Crippen molar-refractivity contribution in [2.45, 2.75) is 26.7 Å². The molecule has 0 saturated carbocycles. The maximum Gasteiger partial charge on any atom is 0.0423 e. The molecule has 0 bridgehead atoms. The first-order chi connectivity index (χ1) is 6.31. The molecule has 0 radical (unpaired) electrons. The molecular weight excluding hydrogens is 220 g/mol. The van der Waals surface area contributed by atoms with Crippen molar-refractivity contribution in [1.29, 1.82) is 0 Å². The Morgan fingerprint density at radius 2 is 2.08 bits per heavy atom.